The standard InChI is InChI=1S/C32H48ClN5O5S/c1-6-19(4)29(26(40)15-21(9-7-8-12-34)31(42)37-25(30(35)41)13-18(2)3)38-32(43)22(14-20(5)39)16-28-36-24-17-23(33)10-11-27(24)44-28/h10-11,17-19,21-22,25,29H,6-9,12-16,34H2,1-5H3,(H2,35,41)(H,37,42)(H,38,43)/t19-,21+,22-,25-,29-/m0/s1. The number of nitrogens with two attached hydrogens (primary N) is 2. The molecule has 10 nitrogen and oxygen atoms in total. The first-order valence-corrected chi connectivity index (χ1v) is 16.6. The second-order valence-electron chi connectivity index (χ2n) is 12.1. The van der Waals surface area contributed by atoms with Gasteiger partial charge in [-0.15, -0.1) is 11.3 Å². The fourth-order valence-corrected chi connectivity index (χ4v) is 6.33. The van der Waals surface area contributed by atoms with E-state index in [4.69, 9.17) is 23.1 Å². The van der Waals surface area contributed by atoms with Gasteiger partial charge in [0, 0.05) is 30.2 Å². The van der Waals surface area contributed by atoms with E-state index in [0.29, 0.717) is 48.7 Å². The number of rotatable bonds is 20. The molecule has 3 amide bonds. The van der Waals surface area contributed by atoms with Gasteiger partial charge in [-0.1, -0.05) is 52.1 Å². The number of hydrogen-bond donors (Lipinski definition) is 4. The number of unbranched alkanes of at least 4 members (excludes halogenated alkanes) is 1. The zero-order valence-electron chi connectivity index (χ0n) is 26.5. The molecule has 0 saturated carbocycles. The molecular weight excluding hydrogens is 602 g/mol. The first-order valence-electron chi connectivity index (χ1n) is 15.4. The fraction of sp³-hybridized carbons (Fsp3) is 0.625. The highest BCUT2D eigenvalue weighted by Crippen LogP contribution is 2.28. The fourth-order valence-electron chi connectivity index (χ4n) is 5.14. The van der Waals surface area contributed by atoms with Crippen LogP contribution in [0.2, 0.25) is 5.02 Å². The minimum Gasteiger partial charge on any atom is -0.368 e. The van der Waals surface area contributed by atoms with Gasteiger partial charge in [-0.05, 0) is 62.8 Å². The number of amides is 3. The van der Waals surface area contributed by atoms with E-state index in [1.54, 1.807) is 12.1 Å². The zero-order valence-corrected chi connectivity index (χ0v) is 28.1. The van der Waals surface area contributed by atoms with Crippen LogP contribution in [0.3, 0.4) is 0 Å². The number of hydrogen-bond acceptors (Lipinski definition) is 8. The molecule has 1 heterocycles. The second kappa shape index (κ2) is 18.2. The van der Waals surface area contributed by atoms with Crippen molar-refractivity contribution in [3.05, 3.63) is 28.2 Å². The number of thiazole rings is 1. The van der Waals surface area contributed by atoms with Gasteiger partial charge in [0.25, 0.3) is 0 Å². The number of carbonyl (C=O) groups excluding carboxylic acids is 5. The first-order chi connectivity index (χ1) is 20.7. The summed E-state index contributed by atoms with van der Waals surface area (Å²) in [5, 5.41) is 6.92. The molecule has 0 aliphatic heterocycles. The summed E-state index contributed by atoms with van der Waals surface area (Å²) in [5.74, 6) is -3.42. The monoisotopic (exact) mass is 649 g/mol. The minimum absolute atomic E-state index is 0.00158. The van der Waals surface area contributed by atoms with Crippen LogP contribution in [0.5, 0.6) is 0 Å². The lowest BCUT2D eigenvalue weighted by Gasteiger charge is -2.27. The van der Waals surface area contributed by atoms with E-state index in [1.807, 2.05) is 33.8 Å². The van der Waals surface area contributed by atoms with E-state index in [1.165, 1.54) is 18.3 Å². The van der Waals surface area contributed by atoms with Crippen LogP contribution in [0.1, 0.15) is 84.6 Å². The molecule has 2 aromatic rings. The molecule has 5 atom stereocenters. The van der Waals surface area contributed by atoms with Gasteiger partial charge in [-0.25, -0.2) is 4.98 Å². The third-order valence-electron chi connectivity index (χ3n) is 7.77. The molecule has 0 aliphatic carbocycles. The maximum absolute atomic E-state index is 13.8. The van der Waals surface area contributed by atoms with Crippen LogP contribution in [-0.2, 0) is 30.4 Å². The Bertz CT molecular complexity index is 1300. The van der Waals surface area contributed by atoms with Crippen LogP contribution >= 0.6 is 22.9 Å². The van der Waals surface area contributed by atoms with Gasteiger partial charge < -0.3 is 26.9 Å². The maximum atomic E-state index is 13.8. The lowest BCUT2D eigenvalue weighted by Crippen LogP contribution is -2.50. The molecule has 1 aromatic carbocycles. The molecule has 0 bridgehead atoms. The van der Waals surface area contributed by atoms with Crippen LogP contribution in [-0.4, -0.2) is 52.9 Å². The smallest absolute Gasteiger partial charge is 0.240 e. The van der Waals surface area contributed by atoms with Gasteiger partial charge in [0.1, 0.15) is 11.8 Å². The molecule has 0 radical (unpaired) electrons. The predicted octanol–water partition coefficient (Wildman–Crippen LogP) is 4.34. The lowest BCUT2D eigenvalue weighted by atomic mass is 9.86. The van der Waals surface area contributed by atoms with E-state index >= 15 is 0 Å². The Morgan fingerprint density at radius 3 is 2.27 bits per heavy atom. The summed E-state index contributed by atoms with van der Waals surface area (Å²) in [6.45, 7) is 9.52. The number of nitrogens with zero attached hydrogens (tertiary/aromatic N) is 1. The van der Waals surface area contributed by atoms with Gasteiger partial charge in [-0.3, -0.25) is 19.2 Å². The molecule has 2 rings (SSSR count). The number of halogens is 1. The van der Waals surface area contributed by atoms with Crippen LogP contribution in [0.25, 0.3) is 10.2 Å². The maximum Gasteiger partial charge on any atom is 0.240 e. The summed E-state index contributed by atoms with van der Waals surface area (Å²) in [4.78, 5) is 69.5. The van der Waals surface area contributed by atoms with Crippen molar-refractivity contribution in [2.24, 2.45) is 35.1 Å². The molecule has 6 N–H and O–H groups in total. The van der Waals surface area contributed by atoms with E-state index in [-0.39, 0.29) is 42.7 Å². The number of aromatic nitrogens is 1. The molecule has 44 heavy (non-hydrogen) atoms. The SMILES string of the molecule is CC[C@H](C)[C@H](NC(=O)[C@@H](CC(C)=O)Cc1nc2cc(Cl)ccc2s1)C(=O)C[C@@H](CCCCN)C(=O)N[C@@H](CC(C)C)C(N)=O. The van der Waals surface area contributed by atoms with E-state index in [0.717, 1.165) is 10.2 Å². The van der Waals surface area contributed by atoms with Gasteiger partial charge in [0.05, 0.1) is 27.2 Å². The molecule has 0 saturated heterocycles. The third kappa shape index (κ3) is 11.9. The number of fused-ring (bicyclic) bond motifs is 1. The average molecular weight is 650 g/mol. The highest BCUT2D eigenvalue weighted by Gasteiger charge is 2.33. The van der Waals surface area contributed by atoms with Crippen LogP contribution in [0, 0.1) is 23.7 Å². The molecule has 0 unspecified atom stereocenters. The van der Waals surface area contributed by atoms with Crippen molar-refractivity contribution in [3.8, 4) is 0 Å². The Balaban J connectivity index is 2.26. The van der Waals surface area contributed by atoms with Gasteiger partial charge >= 0.3 is 0 Å². The van der Waals surface area contributed by atoms with Crippen molar-refractivity contribution in [2.75, 3.05) is 6.54 Å². The first kappa shape index (κ1) is 37.3. The Labute approximate surface area is 269 Å². The van der Waals surface area contributed by atoms with Crippen molar-refractivity contribution in [1.82, 2.24) is 15.6 Å². The van der Waals surface area contributed by atoms with Crippen LogP contribution in [0.15, 0.2) is 18.2 Å². The quantitative estimate of drug-likeness (QED) is 0.154. The largest absolute Gasteiger partial charge is 0.368 e. The van der Waals surface area contributed by atoms with Crippen molar-refractivity contribution in [1.29, 1.82) is 0 Å². The number of primary amides is 1. The summed E-state index contributed by atoms with van der Waals surface area (Å²) in [7, 11) is 0. The predicted molar refractivity (Wildman–Crippen MR) is 175 cm³/mol. The summed E-state index contributed by atoms with van der Waals surface area (Å²) in [6.07, 6.45) is 2.81. The summed E-state index contributed by atoms with van der Waals surface area (Å²) < 4.78 is 0.921. The molecule has 0 fully saturated rings. The third-order valence-corrected chi connectivity index (χ3v) is 9.06. The number of benzene rings is 1. The number of nitrogens with one attached hydrogen (secondary N) is 2. The Kier molecular flexibility index (Phi) is 15.4. The average Bonchev–Trinajstić information content (AvgIpc) is 3.34. The Hall–Kier alpha value is -2.89. The van der Waals surface area contributed by atoms with Crippen molar-refractivity contribution < 1.29 is 24.0 Å². The van der Waals surface area contributed by atoms with Gasteiger partial charge in [0.2, 0.25) is 17.7 Å². The lowest BCUT2D eigenvalue weighted by molar-refractivity contribution is -0.135. The highest BCUT2D eigenvalue weighted by molar-refractivity contribution is 7.18. The van der Waals surface area contributed by atoms with Crippen molar-refractivity contribution in [2.45, 2.75) is 98.1 Å². The van der Waals surface area contributed by atoms with Crippen LogP contribution < -0.4 is 22.1 Å². The molecule has 0 aliphatic rings. The van der Waals surface area contributed by atoms with Gasteiger partial charge in [0.15, 0.2) is 5.78 Å². The highest BCUT2D eigenvalue weighted by atomic mass is 35.5. The van der Waals surface area contributed by atoms with E-state index in [2.05, 4.69) is 15.6 Å². The number of carbonyl (C=O) groups is 5. The second-order valence-corrected chi connectivity index (χ2v) is 13.7. The van der Waals surface area contributed by atoms with E-state index in [9.17, 15) is 24.0 Å². The summed E-state index contributed by atoms with van der Waals surface area (Å²) >= 11 is 7.54. The number of ketones is 2. The summed E-state index contributed by atoms with van der Waals surface area (Å²) in [6, 6.07) is 3.69. The minimum atomic E-state index is -0.858. The molecule has 1 aromatic heterocycles. The van der Waals surface area contributed by atoms with Crippen LogP contribution in [0.4, 0.5) is 0 Å². The Morgan fingerprint density at radius 2 is 1.68 bits per heavy atom. The Morgan fingerprint density at radius 1 is 1.00 bits per heavy atom. The normalized spacial score (nSPS) is 14.9. The topological polar surface area (TPSA) is 174 Å². The molecule has 0 spiro atoms. The number of Topliss-reactive ketones (excluding diaryl/α,β-unsaturated/α-hetero) is 2. The molecular formula is C32H48ClN5O5S. The zero-order chi connectivity index (χ0) is 33.0. The molecule has 244 valence electrons. The van der Waals surface area contributed by atoms with E-state index < -0.39 is 41.6 Å². The van der Waals surface area contributed by atoms with Gasteiger partial charge in [-0.2, -0.15) is 0 Å². The van der Waals surface area contributed by atoms with Crippen molar-refractivity contribution in [3.63, 3.8) is 0 Å². The molecule has 12 heteroatoms. The summed E-state index contributed by atoms with van der Waals surface area (Å²) in [5.41, 5.74) is 11.9. The van der Waals surface area contributed by atoms with Crippen molar-refractivity contribution >= 4 is 62.4 Å².